The van der Waals surface area contributed by atoms with Crippen molar-refractivity contribution in [2.75, 3.05) is 0 Å². The molecule has 0 heterocycles. The zero-order valence-electron chi connectivity index (χ0n) is 8.93. The molecule has 3 heteroatoms. The molecule has 3 rings (SSSR count). The van der Waals surface area contributed by atoms with Crippen LogP contribution in [0.5, 0.6) is 0 Å². The molecule has 0 N–H and O–H groups in total. The predicted octanol–water partition coefficient (Wildman–Crippen LogP) is 2.99. The summed E-state index contributed by atoms with van der Waals surface area (Å²) in [4.78, 5) is 9.73. The fraction of sp³-hybridized carbons (Fsp3) is 0.385. The van der Waals surface area contributed by atoms with Gasteiger partial charge >= 0.3 is 0 Å². The Labute approximate surface area is 94.6 Å². The number of nitro benzene ring substituents is 1. The normalized spacial score (nSPS) is 23.9. The van der Waals surface area contributed by atoms with E-state index in [-0.39, 0.29) is 5.69 Å². The predicted molar refractivity (Wildman–Crippen MR) is 61.9 cm³/mol. The number of nitro groups is 1. The molecule has 82 valence electrons. The molecule has 0 aliphatic heterocycles. The zero-order valence-corrected chi connectivity index (χ0v) is 8.93. The maximum Gasteiger partial charge on any atom is 0.270 e. The largest absolute Gasteiger partial charge is 0.270 e. The maximum atomic E-state index is 10.2. The fourth-order valence-electron chi connectivity index (χ4n) is 1.89. The lowest BCUT2D eigenvalue weighted by molar-refractivity contribution is -0.384. The number of terminal acetylenes is 1. The van der Waals surface area contributed by atoms with Crippen LogP contribution in [0.4, 0.5) is 5.69 Å². The minimum atomic E-state index is -0.471. The molecule has 2 unspecified atom stereocenters. The summed E-state index contributed by atoms with van der Waals surface area (Å²) in [5.74, 6) is 4.78. The van der Waals surface area contributed by atoms with E-state index in [1.807, 2.05) is 0 Å². The van der Waals surface area contributed by atoms with Crippen LogP contribution in [0.25, 0.3) is 0 Å². The lowest BCUT2D eigenvalue weighted by Crippen LogP contribution is -1.93. The lowest BCUT2D eigenvalue weighted by atomic mass is 10.0. The number of rotatable bonds is 1. The van der Waals surface area contributed by atoms with Crippen LogP contribution in [-0.4, -0.2) is 4.92 Å². The van der Waals surface area contributed by atoms with Gasteiger partial charge in [0.2, 0.25) is 0 Å². The van der Waals surface area contributed by atoms with Crippen molar-refractivity contribution < 1.29 is 4.92 Å². The highest BCUT2D eigenvalue weighted by atomic mass is 16.6. The molecule has 1 aromatic rings. The van der Waals surface area contributed by atoms with Gasteiger partial charge in [-0.3, -0.25) is 10.1 Å². The van der Waals surface area contributed by atoms with Crippen LogP contribution in [0.2, 0.25) is 0 Å². The van der Waals surface area contributed by atoms with Gasteiger partial charge in [0.25, 0.3) is 5.69 Å². The molecule has 0 amide bonds. The van der Waals surface area contributed by atoms with Gasteiger partial charge in [-0.1, -0.05) is 12.0 Å². The second kappa shape index (κ2) is 4.36. The molecule has 2 aliphatic carbocycles. The lowest BCUT2D eigenvalue weighted by Gasteiger charge is -2.04. The molecule has 0 bridgehead atoms. The van der Waals surface area contributed by atoms with Gasteiger partial charge in [0.15, 0.2) is 0 Å². The summed E-state index contributed by atoms with van der Waals surface area (Å²) in [5.41, 5.74) is 0.555. The van der Waals surface area contributed by atoms with Crippen LogP contribution in [0, 0.1) is 34.3 Å². The molecular weight excluding hydrogens is 202 g/mol. The Morgan fingerprint density at radius 1 is 1.38 bits per heavy atom. The van der Waals surface area contributed by atoms with E-state index in [1.54, 1.807) is 31.4 Å². The van der Waals surface area contributed by atoms with E-state index >= 15 is 0 Å². The van der Waals surface area contributed by atoms with Crippen LogP contribution >= 0.6 is 0 Å². The first kappa shape index (κ1) is 10.7. The number of nitrogens with zero attached hydrogens (tertiary/aromatic N) is 1. The minimum absolute atomic E-state index is 0.0282. The van der Waals surface area contributed by atoms with Crippen molar-refractivity contribution >= 4 is 5.69 Å². The van der Waals surface area contributed by atoms with Crippen molar-refractivity contribution in [1.29, 1.82) is 0 Å². The SMILES string of the molecule is C#Cc1cccc([N+](=O)[O-])c1.C1CC2CC12. The first-order chi connectivity index (χ1) is 7.70. The maximum absolute atomic E-state index is 10.2. The van der Waals surface area contributed by atoms with Gasteiger partial charge in [-0.2, -0.15) is 0 Å². The molecular formula is C13H13NO2. The van der Waals surface area contributed by atoms with Crippen molar-refractivity contribution in [2.45, 2.75) is 19.3 Å². The second-order valence-corrected chi connectivity index (χ2v) is 4.28. The Morgan fingerprint density at radius 3 is 2.44 bits per heavy atom. The topological polar surface area (TPSA) is 43.1 Å². The van der Waals surface area contributed by atoms with Crippen molar-refractivity contribution in [3.8, 4) is 12.3 Å². The molecule has 3 nitrogen and oxygen atoms in total. The Kier molecular flexibility index (Phi) is 2.91. The van der Waals surface area contributed by atoms with Gasteiger partial charge in [-0.25, -0.2) is 0 Å². The average molecular weight is 215 g/mol. The van der Waals surface area contributed by atoms with Crippen molar-refractivity contribution in [2.24, 2.45) is 11.8 Å². The van der Waals surface area contributed by atoms with E-state index in [2.05, 4.69) is 5.92 Å². The summed E-state index contributed by atoms with van der Waals surface area (Å²) in [6, 6.07) is 5.97. The van der Waals surface area contributed by atoms with Gasteiger partial charge in [-0.05, 0) is 37.2 Å². The third-order valence-corrected chi connectivity index (χ3v) is 3.20. The highest BCUT2D eigenvalue weighted by molar-refractivity contribution is 5.41. The van der Waals surface area contributed by atoms with Crippen LogP contribution in [0.3, 0.4) is 0 Å². The van der Waals surface area contributed by atoms with Crippen molar-refractivity contribution in [3.05, 3.63) is 39.9 Å². The summed E-state index contributed by atoms with van der Waals surface area (Å²) in [7, 11) is 0. The van der Waals surface area contributed by atoms with Crippen LogP contribution in [0.1, 0.15) is 24.8 Å². The summed E-state index contributed by atoms with van der Waals surface area (Å²) >= 11 is 0. The number of benzene rings is 1. The first-order valence-corrected chi connectivity index (χ1v) is 5.42. The molecule has 0 saturated heterocycles. The smallest absolute Gasteiger partial charge is 0.258 e. The summed E-state index contributed by atoms with van der Waals surface area (Å²) in [6.45, 7) is 0. The summed E-state index contributed by atoms with van der Waals surface area (Å²) < 4.78 is 0. The molecule has 2 atom stereocenters. The van der Waals surface area contributed by atoms with Gasteiger partial charge in [0, 0.05) is 17.7 Å². The van der Waals surface area contributed by atoms with Crippen LogP contribution in [-0.2, 0) is 0 Å². The number of non-ortho nitro benzene ring substituents is 1. The van der Waals surface area contributed by atoms with E-state index < -0.39 is 4.92 Å². The highest BCUT2D eigenvalue weighted by Gasteiger charge is 2.44. The summed E-state index contributed by atoms with van der Waals surface area (Å²) in [6.07, 6.45) is 9.75. The molecule has 16 heavy (non-hydrogen) atoms. The molecule has 0 aromatic heterocycles. The van der Waals surface area contributed by atoms with E-state index in [4.69, 9.17) is 6.42 Å². The third-order valence-electron chi connectivity index (χ3n) is 3.20. The molecule has 2 fully saturated rings. The van der Waals surface area contributed by atoms with Gasteiger partial charge < -0.3 is 0 Å². The van der Waals surface area contributed by atoms with E-state index in [0.29, 0.717) is 5.56 Å². The monoisotopic (exact) mass is 215 g/mol. The zero-order chi connectivity index (χ0) is 11.5. The molecule has 2 aliphatic rings. The Hall–Kier alpha value is -1.82. The number of hydrogen-bond acceptors (Lipinski definition) is 2. The van der Waals surface area contributed by atoms with Gasteiger partial charge in [-0.15, -0.1) is 6.42 Å². The molecule has 2 saturated carbocycles. The number of hydrogen-bond donors (Lipinski definition) is 0. The van der Waals surface area contributed by atoms with Gasteiger partial charge in [0.1, 0.15) is 0 Å². The van der Waals surface area contributed by atoms with E-state index in [0.717, 1.165) is 0 Å². The Bertz CT molecular complexity index is 435. The summed E-state index contributed by atoms with van der Waals surface area (Å²) in [5, 5.41) is 10.2. The Balaban J connectivity index is 0.000000156. The van der Waals surface area contributed by atoms with E-state index in [9.17, 15) is 10.1 Å². The van der Waals surface area contributed by atoms with Gasteiger partial charge in [0.05, 0.1) is 4.92 Å². The van der Waals surface area contributed by atoms with Crippen LogP contribution < -0.4 is 0 Å². The minimum Gasteiger partial charge on any atom is -0.258 e. The average Bonchev–Trinajstić information content (AvgIpc) is 2.86. The molecule has 0 radical (unpaired) electrons. The quantitative estimate of drug-likeness (QED) is 0.410. The fourth-order valence-corrected chi connectivity index (χ4v) is 1.89. The van der Waals surface area contributed by atoms with Crippen molar-refractivity contribution in [1.82, 2.24) is 0 Å². The van der Waals surface area contributed by atoms with Crippen molar-refractivity contribution in [3.63, 3.8) is 0 Å². The molecule has 1 aromatic carbocycles. The van der Waals surface area contributed by atoms with E-state index in [1.165, 1.54) is 24.0 Å². The Morgan fingerprint density at radius 2 is 2.06 bits per heavy atom. The standard InChI is InChI=1S/C8H5NO2.C5H8/c1-2-7-4-3-5-8(6-7)9(10)11;1-2-5-3-4(1)5/h1,3-6H;4-5H,1-3H2. The molecule has 0 spiro atoms. The highest BCUT2D eigenvalue weighted by Crippen LogP contribution is 2.55. The second-order valence-electron chi connectivity index (χ2n) is 4.28. The van der Waals surface area contributed by atoms with Crippen LogP contribution in [0.15, 0.2) is 24.3 Å². The first-order valence-electron chi connectivity index (χ1n) is 5.42. The number of fused-ring (bicyclic) bond motifs is 1. The third kappa shape index (κ3) is 2.40.